The summed E-state index contributed by atoms with van der Waals surface area (Å²) in [4.78, 5) is 21.0. The summed E-state index contributed by atoms with van der Waals surface area (Å²) in [6.45, 7) is 6.81. The van der Waals surface area contributed by atoms with Crippen LogP contribution in [0.2, 0.25) is 0 Å². The third-order valence-electron chi connectivity index (χ3n) is 4.20. The number of thiazole rings is 1. The van der Waals surface area contributed by atoms with Crippen molar-refractivity contribution < 1.29 is 9.53 Å². The summed E-state index contributed by atoms with van der Waals surface area (Å²) in [5.74, 6) is 0. The van der Waals surface area contributed by atoms with Gasteiger partial charge in [-0.3, -0.25) is 0 Å². The normalized spacial score (nSPS) is 22.1. The average Bonchev–Trinajstić information content (AvgIpc) is 3.18. The number of rotatable bonds is 4. The van der Waals surface area contributed by atoms with E-state index in [0.717, 1.165) is 30.3 Å². The molecule has 7 heteroatoms. The van der Waals surface area contributed by atoms with Gasteiger partial charge in [0.05, 0.1) is 24.9 Å². The fraction of sp³-hybridized carbons (Fsp3) is 0.733. The maximum Gasteiger partial charge on any atom is 0.317 e. The predicted octanol–water partition coefficient (Wildman–Crippen LogP) is 1.72. The maximum atomic E-state index is 12.1. The summed E-state index contributed by atoms with van der Waals surface area (Å²) in [7, 11) is 0. The van der Waals surface area contributed by atoms with Crippen LogP contribution in [0.5, 0.6) is 0 Å². The van der Waals surface area contributed by atoms with Gasteiger partial charge in [-0.05, 0) is 19.8 Å². The summed E-state index contributed by atoms with van der Waals surface area (Å²) in [6.07, 6.45) is 3.32. The Morgan fingerprint density at radius 3 is 3.05 bits per heavy atom. The van der Waals surface area contributed by atoms with Gasteiger partial charge in [0.1, 0.15) is 0 Å². The summed E-state index contributed by atoms with van der Waals surface area (Å²) < 4.78 is 5.35. The summed E-state index contributed by atoms with van der Waals surface area (Å²) in [5, 5.41) is 6.23. The van der Waals surface area contributed by atoms with E-state index < -0.39 is 0 Å². The molecule has 2 amide bonds. The van der Waals surface area contributed by atoms with Crippen LogP contribution >= 0.6 is 11.3 Å². The number of hydrogen-bond donors (Lipinski definition) is 1. The number of morpholine rings is 1. The predicted molar refractivity (Wildman–Crippen MR) is 87.7 cm³/mol. The third-order valence-corrected chi connectivity index (χ3v) is 5.15. The van der Waals surface area contributed by atoms with Gasteiger partial charge in [0.25, 0.3) is 0 Å². The highest BCUT2D eigenvalue weighted by Gasteiger charge is 2.23. The molecule has 0 aromatic carbocycles. The van der Waals surface area contributed by atoms with E-state index in [1.54, 1.807) is 11.3 Å². The van der Waals surface area contributed by atoms with Crippen molar-refractivity contribution in [2.24, 2.45) is 0 Å². The minimum absolute atomic E-state index is 0.00537. The highest BCUT2D eigenvalue weighted by molar-refractivity contribution is 7.13. The molecule has 2 aliphatic rings. The molecule has 3 rings (SSSR count). The maximum absolute atomic E-state index is 12.1. The molecular formula is C15H24N4O2S. The van der Waals surface area contributed by atoms with Crippen molar-refractivity contribution in [1.82, 2.24) is 15.2 Å². The van der Waals surface area contributed by atoms with Crippen LogP contribution in [-0.2, 0) is 11.2 Å². The first-order valence-electron chi connectivity index (χ1n) is 8.05. The number of carbonyl (C=O) groups is 1. The lowest BCUT2D eigenvalue weighted by atomic mass is 10.3. The van der Waals surface area contributed by atoms with Gasteiger partial charge in [-0.2, -0.15) is 0 Å². The van der Waals surface area contributed by atoms with E-state index >= 15 is 0 Å². The molecule has 2 aliphatic heterocycles. The number of carbonyl (C=O) groups excluding carboxylic acids is 1. The Labute approximate surface area is 135 Å². The minimum Gasteiger partial charge on any atom is -0.377 e. The number of nitrogens with one attached hydrogen (secondary N) is 1. The molecule has 2 saturated heterocycles. The second-order valence-electron chi connectivity index (χ2n) is 5.91. The standard InChI is InChI=1S/C15H24N4O2S/c1-12-10-21-9-8-19(12)14(20)16-5-4-13-11-22-15(17-13)18-6-2-3-7-18/h11-12H,2-10H2,1H3,(H,16,20)/t12-/m1/s1. The van der Waals surface area contributed by atoms with E-state index in [2.05, 4.69) is 20.6 Å². The topological polar surface area (TPSA) is 57.7 Å². The van der Waals surface area contributed by atoms with Crippen molar-refractivity contribution in [3.63, 3.8) is 0 Å². The van der Waals surface area contributed by atoms with Crippen LogP contribution in [0.3, 0.4) is 0 Å². The van der Waals surface area contributed by atoms with Crippen molar-refractivity contribution in [1.29, 1.82) is 0 Å². The highest BCUT2D eigenvalue weighted by atomic mass is 32.1. The zero-order valence-electron chi connectivity index (χ0n) is 13.1. The van der Waals surface area contributed by atoms with E-state index in [-0.39, 0.29) is 12.1 Å². The highest BCUT2D eigenvalue weighted by Crippen LogP contribution is 2.24. The Balaban J connectivity index is 1.43. The number of urea groups is 1. The Morgan fingerprint density at radius 2 is 2.27 bits per heavy atom. The summed E-state index contributed by atoms with van der Waals surface area (Å²) >= 11 is 1.71. The van der Waals surface area contributed by atoms with E-state index in [4.69, 9.17) is 4.74 Å². The average molecular weight is 324 g/mol. The lowest BCUT2D eigenvalue weighted by molar-refractivity contribution is 0.0191. The van der Waals surface area contributed by atoms with Gasteiger partial charge in [-0.1, -0.05) is 0 Å². The van der Waals surface area contributed by atoms with Crippen LogP contribution < -0.4 is 10.2 Å². The molecule has 122 valence electrons. The molecule has 3 heterocycles. The molecular weight excluding hydrogens is 300 g/mol. The minimum atomic E-state index is 0.00537. The van der Waals surface area contributed by atoms with Crippen LogP contribution in [0, 0.1) is 0 Å². The van der Waals surface area contributed by atoms with Crippen molar-refractivity contribution >= 4 is 22.5 Å². The molecule has 0 spiro atoms. The van der Waals surface area contributed by atoms with E-state index in [0.29, 0.717) is 26.3 Å². The van der Waals surface area contributed by atoms with E-state index in [1.807, 2.05) is 11.8 Å². The molecule has 0 saturated carbocycles. The molecule has 2 fully saturated rings. The molecule has 1 aromatic rings. The zero-order valence-corrected chi connectivity index (χ0v) is 13.9. The van der Waals surface area contributed by atoms with Crippen LogP contribution in [0.4, 0.5) is 9.93 Å². The number of amides is 2. The molecule has 0 bridgehead atoms. The van der Waals surface area contributed by atoms with Gasteiger partial charge in [0.15, 0.2) is 5.13 Å². The number of anilines is 1. The summed E-state index contributed by atoms with van der Waals surface area (Å²) in [5.41, 5.74) is 1.07. The Hall–Kier alpha value is -1.34. The molecule has 0 radical (unpaired) electrons. The SMILES string of the molecule is C[C@@H]1COCCN1C(=O)NCCc1csc(N2CCCC2)n1. The Kier molecular flexibility index (Phi) is 5.15. The smallest absolute Gasteiger partial charge is 0.317 e. The number of aromatic nitrogens is 1. The molecule has 0 aliphatic carbocycles. The van der Waals surface area contributed by atoms with Crippen molar-refractivity contribution in [2.75, 3.05) is 44.3 Å². The summed E-state index contributed by atoms with van der Waals surface area (Å²) in [6, 6.07) is 0.153. The first-order valence-corrected chi connectivity index (χ1v) is 8.93. The van der Waals surface area contributed by atoms with Gasteiger partial charge in [-0.15, -0.1) is 11.3 Å². The zero-order chi connectivity index (χ0) is 15.4. The van der Waals surface area contributed by atoms with Gasteiger partial charge >= 0.3 is 6.03 Å². The first kappa shape index (κ1) is 15.6. The number of ether oxygens (including phenoxy) is 1. The van der Waals surface area contributed by atoms with Crippen molar-refractivity contribution in [3.8, 4) is 0 Å². The monoisotopic (exact) mass is 324 g/mol. The fourth-order valence-corrected chi connectivity index (χ4v) is 3.81. The van der Waals surface area contributed by atoms with Crippen LogP contribution in [0.1, 0.15) is 25.5 Å². The molecule has 0 unspecified atom stereocenters. The van der Waals surface area contributed by atoms with Gasteiger partial charge in [-0.25, -0.2) is 9.78 Å². The molecule has 22 heavy (non-hydrogen) atoms. The fourth-order valence-electron chi connectivity index (χ4n) is 2.89. The van der Waals surface area contributed by atoms with Crippen LogP contribution in [0.25, 0.3) is 0 Å². The molecule has 6 nitrogen and oxygen atoms in total. The largest absolute Gasteiger partial charge is 0.377 e. The Bertz CT molecular complexity index is 501. The second-order valence-corrected chi connectivity index (χ2v) is 6.75. The molecule has 1 N–H and O–H groups in total. The lowest BCUT2D eigenvalue weighted by Crippen LogP contribution is -2.51. The molecule has 1 aromatic heterocycles. The second kappa shape index (κ2) is 7.28. The van der Waals surface area contributed by atoms with E-state index in [9.17, 15) is 4.79 Å². The third kappa shape index (κ3) is 3.70. The quantitative estimate of drug-likeness (QED) is 0.916. The number of nitrogens with zero attached hydrogens (tertiary/aromatic N) is 3. The molecule has 1 atom stereocenters. The van der Waals surface area contributed by atoms with Crippen LogP contribution in [-0.4, -0.2) is 61.3 Å². The Morgan fingerprint density at radius 1 is 1.45 bits per heavy atom. The van der Waals surface area contributed by atoms with Gasteiger partial charge < -0.3 is 19.9 Å². The van der Waals surface area contributed by atoms with E-state index in [1.165, 1.54) is 12.8 Å². The first-order chi connectivity index (χ1) is 10.7. The van der Waals surface area contributed by atoms with Crippen LogP contribution in [0.15, 0.2) is 5.38 Å². The van der Waals surface area contributed by atoms with Gasteiger partial charge in [0, 0.05) is 38.0 Å². The van der Waals surface area contributed by atoms with Gasteiger partial charge in [0.2, 0.25) is 0 Å². The number of hydrogen-bond acceptors (Lipinski definition) is 5. The lowest BCUT2D eigenvalue weighted by Gasteiger charge is -2.33. The van der Waals surface area contributed by atoms with Crippen molar-refractivity contribution in [3.05, 3.63) is 11.1 Å². The van der Waals surface area contributed by atoms with Crippen molar-refractivity contribution in [2.45, 2.75) is 32.2 Å².